The van der Waals surface area contributed by atoms with Crippen molar-refractivity contribution in [3.63, 3.8) is 0 Å². The van der Waals surface area contributed by atoms with E-state index in [1.165, 1.54) is 12.1 Å². The maximum Gasteiger partial charge on any atom is 0.185 e. The first-order valence-corrected chi connectivity index (χ1v) is 7.03. The molecule has 3 aromatic rings. The van der Waals surface area contributed by atoms with Crippen molar-refractivity contribution in [2.24, 2.45) is 0 Å². The predicted octanol–water partition coefficient (Wildman–Crippen LogP) is 1.59. The van der Waals surface area contributed by atoms with Gasteiger partial charge >= 0.3 is 0 Å². The topological polar surface area (TPSA) is 58.3 Å². The molecule has 114 valence electrons. The number of fused-ring (bicyclic) bond motifs is 1. The lowest BCUT2D eigenvalue weighted by Gasteiger charge is -2.17. The minimum Gasteiger partial charge on any atom is -0.357 e. The quantitative estimate of drug-likeness (QED) is 0.775. The molecule has 2 heterocycles. The molecule has 0 radical (unpaired) electrons. The third-order valence-electron chi connectivity index (χ3n) is 3.42. The number of rotatable bonds is 5. The number of hydrogen-bond acceptors (Lipinski definition) is 5. The number of aromatic nitrogens is 4. The normalized spacial score (nSPS) is 11.0. The van der Waals surface area contributed by atoms with Crippen LogP contribution in [0.4, 0.5) is 10.2 Å². The maximum absolute atomic E-state index is 13.4. The highest BCUT2D eigenvalue weighted by molar-refractivity contribution is 5.59. The van der Waals surface area contributed by atoms with Crippen molar-refractivity contribution in [3.05, 3.63) is 42.2 Å². The van der Waals surface area contributed by atoms with E-state index in [2.05, 4.69) is 20.6 Å². The van der Waals surface area contributed by atoms with Crippen LogP contribution in [0.1, 0.15) is 0 Å². The fourth-order valence-electron chi connectivity index (χ4n) is 2.18. The van der Waals surface area contributed by atoms with Gasteiger partial charge in [-0.1, -0.05) is 12.1 Å². The van der Waals surface area contributed by atoms with E-state index in [9.17, 15) is 4.39 Å². The van der Waals surface area contributed by atoms with E-state index >= 15 is 0 Å². The van der Waals surface area contributed by atoms with Crippen LogP contribution >= 0.6 is 0 Å². The average Bonchev–Trinajstić information content (AvgIpc) is 2.95. The fourth-order valence-corrected chi connectivity index (χ4v) is 2.18. The van der Waals surface area contributed by atoms with E-state index in [4.69, 9.17) is 0 Å². The van der Waals surface area contributed by atoms with Gasteiger partial charge in [-0.15, -0.1) is 15.3 Å². The van der Waals surface area contributed by atoms with Crippen LogP contribution in [0.2, 0.25) is 0 Å². The number of likely N-dealkylation sites (N-methyl/N-ethyl adjacent to an activating group) is 2. The number of nitrogens with one attached hydrogen (secondary N) is 1. The maximum atomic E-state index is 13.4. The highest BCUT2D eigenvalue weighted by Gasteiger charge is 2.12. The Bertz CT molecular complexity index is 785. The number of benzene rings is 1. The summed E-state index contributed by atoms with van der Waals surface area (Å²) in [6, 6.07) is 10.0. The van der Waals surface area contributed by atoms with Crippen LogP contribution in [0.25, 0.3) is 17.0 Å². The minimum atomic E-state index is -0.309. The standard InChI is InChI=1S/C15H17FN6/c1-17-8-9-21(2)14-7-6-13-18-19-15(22(13)20-14)11-4-3-5-12(16)10-11/h3-7,10,17H,8-9H2,1-2H3. The molecular formula is C15H17FN6. The second-order valence-corrected chi connectivity index (χ2v) is 5.02. The first kappa shape index (κ1) is 14.4. The van der Waals surface area contributed by atoms with Crippen molar-refractivity contribution in [1.82, 2.24) is 25.1 Å². The summed E-state index contributed by atoms with van der Waals surface area (Å²) in [6.45, 7) is 1.68. The Labute approximate surface area is 127 Å². The molecule has 6 nitrogen and oxygen atoms in total. The Morgan fingerprint density at radius 3 is 2.86 bits per heavy atom. The Morgan fingerprint density at radius 1 is 1.23 bits per heavy atom. The van der Waals surface area contributed by atoms with Crippen molar-refractivity contribution >= 4 is 11.5 Å². The third kappa shape index (κ3) is 2.75. The van der Waals surface area contributed by atoms with E-state index in [0.717, 1.165) is 18.9 Å². The smallest absolute Gasteiger partial charge is 0.185 e. The van der Waals surface area contributed by atoms with Crippen molar-refractivity contribution in [2.45, 2.75) is 0 Å². The first-order valence-electron chi connectivity index (χ1n) is 7.03. The van der Waals surface area contributed by atoms with Crippen LogP contribution in [-0.2, 0) is 0 Å². The molecule has 0 unspecified atom stereocenters. The number of anilines is 1. The Morgan fingerprint density at radius 2 is 2.09 bits per heavy atom. The molecule has 7 heteroatoms. The van der Waals surface area contributed by atoms with Crippen molar-refractivity contribution < 1.29 is 4.39 Å². The zero-order valence-electron chi connectivity index (χ0n) is 12.5. The SMILES string of the molecule is CNCCN(C)c1ccc2nnc(-c3cccc(F)c3)n2n1. The van der Waals surface area contributed by atoms with Gasteiger partial charge in [0, 0.05) is 25.7 Å². The highest BCUT2D eigenvalue weighted by Crippen LogP contribution is 2.19. The summed E-state index contributed by atoms with van der Waals surface area (Å²) >= 11 is 0. The average molecular weight is 300 g/mol. The van der Waals surface area contributed by atoms with Gasteiger partial charge in [-0.3, -0.25) is 0 Å². The van der Waals surface area contributed by atoms with Gasteiger partial charge in [0.15, 0.2) is 11.5 Å². The molecule has 0 aliphatic carbocycles. The van der Waals surface area contributed by atoms with Gasteiger partial charge in [0.2, 0.25) is 0 Å². The van der Waals surface area contributed by atoms with E-state index in [1.54, 1.807) is 16.6 Å². The number of nitrogens with zero attached hydrogens (tertiary/aromatic N) is 5. The largest absolute Gasteiger partial charge is 0.357 e. The number of halogens is 1. The predicted molar refractivity (Wildman–Crippen MR) is 83.4 cm³/mol. The van der Waals surface area contributed by atoms with Crippen molar-refractivity contribution in [2.75, 3.05) is 32.1 Å². The van der Waals surface area contributed by atoms with Crippen molar-refractivity contribution in [3.8, 4) is 11.4 Å². The summed E-state index contributed by atoms with van der Waals surface area (Å²) < 4.78 is 15.1. The summed E-state index contributed by atoms with van der Waals surface area (Å²) in [5.74, 6) is 1.02. The molecule has 2 aromatic heterocycles. The van der Waals surface area contributed by atoms with Crippen LogP contribution in [-0.4, -0.2) is 47.0 Å². The molecule has 0 amide bonds. The molecule has 0 spiro atoms. The minimum absolute atomic E-state index is 0.309. The molecule has 0 saturated heterocycles. The van der Waals surface area contributed by atoms with Gasteiger partial charge in [-0.05, 0) is 31.3 Å². The molecule has 1 N–H and O–H groups in total. The van der Waals surface area contributed by atoms with Gasteiger partial charge in [0.05, 0.1) is 0 Å². The molecule has 1 aromatic carbocycles. The Kier molecular flexibility index (Phi) is 3.97. The molecule has 22 heavy (non-hydrogen) atoms. The third-order valence-corrected chi connectivity index (χ3v) is 3.42. The molecular weight excluding hydrogens is 283 g/mol. The van der Waals surface area contributed by atoms with E-state index < -0.39 is 0 Å². The van der Waals surface area contributed by atoms with Crippen LogP contribution in [0.15, 0.2) is 36.4 Å². The Hall–Kier alpha value is -2.54. The summed E-state index contributed by atoms with van der Waals surface area (Å²) in [5.41, 5.74) is 1.28. The zero-order valence-corrected chi connectivity index (χ0v) is 12.5. The summed E-state index contributed by atoms with van der Waals surface area (Å²) in [4.78, 5) is 2.03. The van der Waals surface area contributed by atoms with E-state index in [1.807, 2.05) is 31.1 Å². The highest BCUT2D eigenvalue weighted by atomic mass is 19.1. The second-order valence-electron chi connectivity index (χ2n) is 5.02. The van der Waals surface area contributed by atoms with Gasteiger partial charge in [0.1, 0.15) is 11.6 Å². The van der Waals surface area contributed by atoms with E-state index in [-0.39, 0.29) is 5.82 Å². The lowest BCUT2D eigenvalue weighted by atomic mass is 10.2. The zero-order chi connectivity index (χ0) is 15.5. The molecule has 0 fully saturated rings. The van der Waals surface area contributed by atoms with Crippen LogP contribution in [0.5, 0.6) is 0 Å². The summed E-state index contributed by atoms with van der Waals surface area (Å²) in [6.07, 6.45) is 0. The van der Waals surface area contributed by atoms with Crippen LogP contribution in [0, 0.1) is 5.82 Å². The monoisotopic (exact) mass is 300 g/mol. The Balaban J connectivity index is 2.02. The summed E-state index contributed by atoms with van der Waals surface area (Å²) in [5, 5.41) is 15.9. The molecule has 3 rings (SSSR count). The lowest BCUT2D eigenvalue weighted by Crippen LogP contribution is -2.28. The van der Waals surface area contributed by atoms with Gasteiger partial charge in [0.25, 0.3) is 0 Å². The first-order chi connectivity index (χ1) is 10.7. The van der Waals surface area contributed by atoms with Gasteiger partial charge in [-0.25, -0.2) is 4.39 Å². The summed E-state index contributed by atoms with van der Waals surface area (Å²) in [7, 11) is 3.88. The van der Waals surface area contributed by atoms with Gasteiger partial charge < -0.3 is 10.2 Å². The molecule has 0 saturated carbocycles. The molecule has 0 aliphatic rings. The van der Waals surface area contributed by atoms with E-state index in [0.29, 0.717) is 17.0 Å². The van der Waals surface area contributed by atoms with Crippen molar-refractivity contribution in [1.29, 1.82) is 0 Å². The molecule has 0 atom stereocenters. The second kappa shape index (κ2) is 6.07. The molecule has 0 aliphatic heterocycles. The lowest BCUT2D eigenvalue weighted by molar-refractivity contribution is 0.628. The fraction of sp³-hybridized carbons (Fsp3) is 0.267. The molecule has 0 bridgehead atoms. The van der Waals surface area contributed by atoms with Crippen LogP contribution in [0.3, 0.4) is 0 Å². The van der Waals surface area contributed by atoms with Crippen LogP contribution < -0.4 is 10.2 Å². The number of hydrogen-bond donors (Lipinski definition) is 1. The van der Waals surface area contributed by atoms with Gasteiger partial charge in [-0.2, -0.15) is 4.52 Å².